The molecular weight excluding hydrogens is 222 g/mol. The summed E-state index contributed by atoms with van der Waals surface area (Å²) in [4.78, 5) is 0. The summed E-state index contributed by atoms with van der Waals surface area (Å²) >= 11 is 0. The van der Waals surface area contributed by atoms with Crippen LogP contribution in [0.1, 0.15) is 45.7 Å². The Kier molecular flexibility index (Phi) is 6.99. The molecule has 1 N–H and O–H groups in total. The second-order valence-corrected chi connectivity index (χ2v) is 5.47. The van der Waals surface area contributed by atoms with Crippen LogP contribution >= 0.6 is 0 Å². The number of nitrogens with one attached hydrogen (secondary N) is 1. The fourth-order valence-electron chi connectivity index (χ4n) is 2.02. The molecule has 0 aliphatic carbocycles. The Morgan fingerprint density at radius 2 is 1.72 bits per heavy atom. The number of benzene rings is 1. The third-order valence-corrected chi connectivity index (χ3v) is 2.85. The van der Waals surface area contributed by atoms with Gasteiger partial charge in [0.25, 0.3) is 0 Å². The van der Waals surface area contributed by atoms with Crippen molar-refractivity contribution in [2.45, 2.75) is 46.3 Å². The summed E-state index contributed by atoms with van der Waals surface area (Å²) in [6, 6.07) is 11.1. The van der Waals surface area contributed by atoms with Gasteiger partial charge in [-0.3, -0.25) is 0 Å². The van der Waals surface area contributed by atoms with Crippen LogP contribution in [0.15, 0.2) is 30.3 Å². The predicted octanol–water partition coefficient (Wildman–Crippen LogP) is 3.79. The van der Waals surface area contributed by atoms with Crippen LogP contribution in [0.2, 0.25) is 0 Å². The smallest absolute Gasteiger partial charge is 0.0594 e. The van der Waals surface area contributed by atoms with Crippen molar-refractivity contribution in [3.63, 3.8) is 0 Å². The molecule has 0 radical (unpaired) electrons. The second kappa shape index (κ2) is 8.28. The fourth-order valence-corrected chi connectivity index (χ4v) is 2.02. The van der Waals surface area contributed by atoms with Crippen LogP contribution in [-0.2, 0) is 4.74 Å². The van der Waals surface area contributed by atoms with Gasteiger partial charge in [0, 0.05) is 12.6 Å². The SMILES string of the molecule is CC(C)CC(NCCOC(C)C)c1ccccc1. The Morgan fingerprint density at radius 1 is 1.06 bits per heavy atom. The molecule has 0 aliphatic heterocycles. The van der Waals surface area contributed by atoms with Gasteiger partial charge >= 0.3 is 0 Å². The number of rotatable bonds is 8. The molecule has 0 aliphatic rings. The molecule has 1 aromatic rings. The molecule has 1 unspecified atom stereocenters. The van der Waals surface area contributed by atoms with Crippen molar-refractivity contribution in [2.24, 2.45) is 5.92 Å². The van der Waals surface area contributed by atoms with Gasteiger partial charge in [-0.15, -0.1) is 0 Å². The molecule has 102 valence electrons. The van der Waals surface area contributed by atoms with Gasteiger partial charge in [-0.05, 0) is 31.7 Å². The molecule has 0 saturated carbocycles. The van der Waals surface area contributed by atoms with Gasteiger partial charge < -0.3 is 10.1 Å². The second-order valence-electron chi connectivity index (χ2n) is 5.47. The molecule has 1 aromatic carbocycles. The Bertz CT molecular complexity index is 308. The van der Waals surface area contributed by atoms with E-state index >= 15 is 0 Å². The van der Waals surface area contributed by atoms with Crippen LogP contribution in [0.5, 0.6) is 0 Å². The Labute approximate surface area is 112 Å². The number of ether oxygens (including phenoxy) is 1. The third kappa shape index (κ3) is 6.18. The minimum absolute atomic E-state index is 0.312. The normalized spacial score (nSPS) is 13.2. The lowest BCUT2D eigenvalue weighted by atomic mass is 9.97. The number of hydrogen-bond donors (Lipinski definition) is 1. The molecule has 0 aromatic heterocycles. The summed E-state index contributed by atoms with van der Waals surface area (Å²) in [5, 5.41) is 3.60. The largest absolute Gasteiger partial charge is 0.377 e. The summed E-state index contributed by atoms with van der Waals surface area (Å²) in [7, 11) is 0. The van der Waals surface area contributed by atoms with Crippen LogP contribution in [0.25, 0.3) is 0 Å². The summed E-state index contributed by atoms with van der Waals surface area (Å²) in [5.41, 5.74) is 1.37. The van der Waals surface area contributed by atoms with E-state index in [4.69, 9.17) is 4.74 Å². The van der Waals surface area contributed by atoms with Crippen molar-refractivity contribution in [1.82, 2.24) is 5.32 Å². The van der Waals surface area contributed by atoms with Crippen LogP contribution in [0, 0.1) is 5.92 Å². The predicted molar refractivity (Wildman–Crippen MR) is 77.7 cm³/mol. The average Bonchev–Trinajstić information content (AvgIpc) is 2.33. The number of hydrogen-bond acceptors (Lipinski definition) is 2. The molecule has 0 bridgehead atoms. The van der Waals surface area contributed by atoms with Gasteiger partial charge in [-0.25, -0.2) is 0 Å². The van der Waals surface area contributed by atoms with E-state index in [2.05, 4.69) is 63.3 Å². The lowest BCUT2D eigenvalue weighted by Gasteiger charge is -2.21. The Balaban J connectivity index is 2.46. The van der Waals surface area contributed by atoms with Gasteiger partial charge in [0.15, 0.2) is 0 Å². The highest BCUT2D eigenvalue weighted by atomic mass is 16.5. The highest BCUT2D eigenvalue weighted by molar-refractivity contribution is 5.18. The minimum Gasteiger partial charge on any atom is -0.377 e. The highest BCUT2D eigenvalue weighted by Gasteiger charge is 2.12. The lowest BCUT2D eigenvalue weighted by molar-refractivity contribution is 0.0789. The maximum Gasteiger partial charge on any atom is 0.0594 e. The maximum absolute atomic E-state index is 5.57. The van der Waals surface area contributed by atoms with E-state index in [0.29, 0.717) is 18.1 Å². The van der Waals surface area contributed by atoms with Gasteiger partial charge in [0.05, 0.1) is 12.7 Å². The van der Waals surface area contributed by atoms with Gasteiger partial charge in [0.2, 0.25) is 0 Å². The topological polar surface area (TPSA) is 21.3 Å². The summed E-state index contributed by atoms with van der Waals surface area (Å²) in [5.74, 6) is 0.689. The highest BCUT2D eigenvalue weighted by Crippen LogP contribution is 2.20. The zero-order valence-electron chi connectivity index (χ0n) is 12.1. The Morgan fingerprint density at radius 3 is 2.28 bits per heavy atom. The molecule has 0 amide bonds. The molecule has 1 atom stereocenters. The van der Waals surface area contributed by atoms with Crippen LogP contribution in [0.4, 0.5) is 0 Å². The molecule has 0 saturated heterocycles. The first-order chi connectivity index (χ1) is 8.59. The standard InChI is InChI=1S/C16H27NO/c1-13(2)12-16(15-8-6-5-7-9-15)17-10-11-18-14(3)4/h5-9,13-14,16-17H,10-12H2,1-4H3. The molecule has 0 heterocycles. The van der Waals surface area contributed by atoms with Crippen LogP contribution in [-0.4, -0.2) is 19.3 Å². The van der Waals surface area contributed by atoms with Crippen molar-refractivity contribution in [1.29, 1.82) is 0 Å². The lowest BCUT2D eigenvalue weighted by Crippen LogP contribution is -2.27. The van der Waals surface area contributed by atoms with Crippen LogP contribution < -0.4 is 5.32 Å². The van der Waals surface area contributed by atoms with Crippen LogP contribution in [0.3, 0.4) is 0 Å². The van der Waals surface area contributed by atoms with Crippen molar-refractivity contribution in [3.05, 3.63) is 35.9 Å². The third-order valence-electron chi connectivity index (χ3n) is 2.85. The molecule has 0 spiro atoms. The first-order valence-corrected chi connectivity index (χ1v) is 6.99. The van der Waals surface area contributed by atoms with Crippen molar-refractivity contribution >= 4 is 0 Å². The molecule has 1 rings (SSSR count). The maximum atomic E-state index is 5.57. The van der Waals surface area contributed by atoms with Gasteiger partial charge in [0.1, 0.15) is 0 Å². The quantitative estimate of drug-likeness (QED) is 0.708. The molecule has 2 heteroatoms. The average molecular weight is 249 g/mol. The minimum atomic E-state index is 0.312. The van der Waals surface area contributed by atoms with E-state index in [9.17, 15) is 0 Å². The van der Waals surface area contributed by atoms with Gasteiger partial charge in [-0.1, -0.05) is 44.2 Å². The fraction of sp³-hybridized carbons (Fsp3) is 0.625. The monoisotopic (exact) mass is 249 g/mol. The molecule has 2 nitrogen and oxygen atoms in total. The van der Waals surface area contributed by atoms with E-state index in [-0.39, 0.29) is 0 Å². The first kappa shape index (κ1) is 15.2. The summed E-state index contributed by atoms with van der Waals surface area (Å²) < 4.78 is 5.57. The Hall–Kier alpha value is -0.860. The van der Waals surface area contributed by atoms with E-state index in [1.165, 1.54) is 5.56 Å². The molecule has 0 fully saturated rings. The van der Waals surface area contributed by atoms with Crippen molar-refractivity contribution < 1.29 is 4.74 Å². The van der Waals surface area contributed by atoms with Gasteiger partial charge in [-0.2, -0.15) is 0 Å². The summed E-state index contributed by atoms with van der Waals surface area (Å²) in [6.45, 7) is 10.4. The zero-order chi connectivity index (χ0) is 13.4. The summed E-state index contributed by atoms with van der Waals surface area (Å²) in [6.07, 6.45) is 1.47. The molecular formula is C16H27NO. The van der Waals surface area contributed by atoms with E-state index in [0.717, 1.165) is 19.6 Å². The molecule has 18 heavy (non-hydrogen) atoms. The van der Waals surface area contributed by atoms with Crippen molar-refractivity contribution in [2.75, 3.05) is 13.2 Å². The van der Waals surface area contributed by atoms with Crippen molar-refractivity contribution in [3.8, 4) is 0 Å². The van der Waals surface area contributed by atoms with E-state index < -0.39 is 0 Å². The first-order valence-electron chi connectivity index (χ1n) is 6.99. The van der Waals surface area contributed by atoms with E-state index in [1.54, 1.807) is 0 Å². The zero-order valence-corrected chi connectivity index (χ0v) is 12.1. The van der Waals surface area contributed by atoms with E-state index in [1.807, 2.05) is 0 Å².